The fourth-order valence-corrected chi connectivity index (χ4v) is 0.593. The molecular weight excluding hydrogens is 144 g/mol. The van der Waals surface area contributed by atoms with E-state index in [9.17, 15) is 5.11 Å². The van der Waals surface area contributed by atoms with Crippen molar-refractivity contribution in [2.45, 2.75) is 38.6 Å². The van der Waals surface area contributed by atoms with Crippen LogP contribution in [0, 0.1) is 0 Å². The van der Waals surface area contributed by atoms with E-state index in [4.69, 9.17) is 9.47 Å². The second-order valence-corrected chi connectivity index (χ2v) is 3.55. The monoisotopic (exact) mass is 160 g/mol. The smallest absolute Gasteiger partial charge is 0.104 e. The van der Waals surface area contributed by atoms with Gasteiger partial charge in [0.15, 0.2) is 0 Å². The summed E-state index contributed by atoms with van der Waals surface area (Å²) in [7, 11) is 0. The topological polar surface area (TPSA) is 42.0 Å². The minimum atomic E-state index is -0.452. The van der Waals surface area contributed by atoms with Crippen LogP contribution in [-0.2, 0) is 9.47 Å². The highest BCUT2D eigenvalue weighted by molar-refractivity contribution is 4.77. The molecule has 3 heteroatoms. The van der Waals surface area contributed by atoms with Crippen LogP contribution < -0.4 is 0 Å². The van der Waals surface area contributed by atoms with Crippen LogP contribution >= 0.6 is 0 Å². The van der Waals surface area contributed by atoms with Crippen LogP contribution in [0.3, 0.4) is 0 Å². The van der Waals surface area contributed by atoms with E-state index in [1.807, 2.05) is 13.8 Å². The van der Waals surface area contributed by atoms with E-state index in [0.717, 1.165) is 6.61 Å². The highest BCUT2D eigenvalue weighted by atomic mass is 16.6. The molecule has 2 unspecified atom stereocenters. The van der Waals surface area contributed by atoms with Crippen LogP contribution in [0.1, 0.15) is 20.8 Å². The molecule has 0 aromatic rings. The maximum absolute atomic E-state index is 9.25. The third-order valence-corrected chi connectivity index (χ3v) is 2.05. The summed E-state index contributed by atoms with van der Waals surface area (Å²) in [6.45, 7) is 6.88. The Balaban J connectivity index is 2.20. The first-order valence-corrected chi connectivity index (χ1v) is 3.96. The third kappa shape index (κ3) is 2.77. The average Bonchev–Trinajstić information content (AvgIpc) is 2.65. The molecule has 0 radical (unpaired) electrons. The number of aliphatic hydroxyl groups is 1. The first kappa shape index (κ1) is 8.97. The lowest BCUT2D eigenvalue weighted by molar-refractivity contribution is -0.0965. The van der Waals surface area contributed by atoms with Crippen molar-refractivity contribution in [2.75, 3.05) is 13.2 Å². The summed E-state index contributed by atoms with van der Waals surface area (Å²) in [5.41, 5.74) is -0.452. The van der Waals surface area contributed by atoms with E-state index in [2.05, 4.69) is 0 Å². The molecule has 0 aliphatic carbocycles. The van der Waals surface area contributed by atoms with Crippen molar-refractivity contribution in [3.63, 3.8) is 0 Å². The Kier molecular flexibility index (Phi) is 2.52. The second-order valence-electron chi connectivity index (χ2n) is 3.55. The Morgan fingerprint density at radius 3 is 2.64 bits per heavy atom. The Bertz CT molecular complexity index is 127. The van der Waals surface area contributed by atoms with Gasteiger partial charge < -0.3 is 14.6 Å². The van der Waals surface area contributed by atoms with Crippen LogP contribution in [0.25, 0.3) is 0 Å². The molecule has 0 amide bonds. The molecule has 0 bridgehead atoms. The Morgan fingerprint density at radius 2 is 2.27 bits per heavy atom. The van der Waals surface area contributed by atoms with E-state index in [1.54, 1.807) is 6.92 Å². The highest BCUT2D eigenvalue weighted by Crippen LogP contribution is 2.18. The minimum Gasteiger partial charge on any atom is -0.390 e. The lowest BCUT2D eigenvalue weighted by Gasteiger charge is -2.27. The number of epoxide rings is 1. The van der Waals surface area contributed by atoms with Gasteiger partial charge in [-0.1, -0.05) is 0 Å². The molecule has 1 aliphatic heterocycles. The van der Waals surface area contributed by atoms with Crippen LogP contribution in [0.5, 0.6) is 0 Å². The molecule has 66 valence electrons. The number of ether oxygens (including phenoxy) is 2. The summed E-state index contributed by atoms with van der Waals surface area (Å²) in [4.78, 5) is 0. The summed E-state index contributed by atoms with van der Waals surface area (Å²) in [6.07, 6.45) is -0.172. The molecule has 0 saturated carbocycles. The van der Waals surface area contributed by atoms with Gasteiger partial charge in [0.25, 0.3) is 0 Å². The first-order valence-electron chi connectivity index (χ1n) is 3.96. The molecule has 11 heavy (non-hydrogen) atoms. The molecule has 0 aromatic heterocycles. The molecule has 1 heterocycles. The molecule has 2 atom stereocenters. The molecule has 1 fully saturated rings. The Labute approximate surface area is 67.3 Å². The molecule has 0 spiro atoms. The van der Waals surface area contributed by atoms with Gasteiger partial charge >= 0.3 is 0 Å². The normalized spacial score (nSPS) is 26.7. The largest absolute Gasteiger partial charge is 0.390 e. The van der Waals surface area contributed by atoms with Crippen LogP contribution in [0.4, 0.5) is 0 Å². The fourth-order valence-electron chi connectivity index (χ4n) is 0.593. The van der Waals surface area contributed by atoms with Crippen LogP contribution in [-0.4, -0.2) is 36.1 Å². The van der Waals surface area contributed by atoms with Crippen molar-refractivity contribution < 1.29 is 14.6 Å². The molecular formula is C8H16O3. The molecule has 1 aliphatic rings. The number of rotatable bonds is 4. The van der Waals surface area contributed by atoms with Gasteiger partial charge in [0.1, 0.15) is 6.10 Å². The summed E-state index contributed by atoms with van der Waals surface area (Å²) < 4.78 is 10.4. The Hall–Kier alpha value is -0.120. The van der Waals surface area contributed by atoms with Gasteiger partial charge in [-0.05, 0) is 20.8 Å². The van der Waals surface area contributed by atoms with Gasteiger partial charge in [-0.15, -0.1) is 0 Å². The van der Waals surface area contributed by atoms with Crippen LogP contribution in [0.15, 0.2) is 0 Å². The number of aliphatic hydroxyl groups excluding tert-OH is 1. The number of hydrogen-bond acceptors (Lipinski definition) is 3. The maximum atomic E-state index is 9.25. The Morgan fingerprint density at radius 1 is 1.73 bits per heavy atom. The minimum absolute atomic E-state index is 0.271. The molecule has 1 N–H and O–H groups in total. The molecule has 0 aromatic carbocycles. The van der Waals surface area contributed by atoms with E-state index >= 15 is 0 Å². The zero-order chi connectivity index (χ0) is 8.48. The first-order chi connectivity index (χ1) is 5.02. The van der Waals surface area contributed by atoms with Crippen molar-refractivity contribution >= 4 is 0 Å². The summed E-state index contributed by atoms with van der Waals surface area (Å²) in [5.74, 6) is 0. The van der Waals surface area contributed by atoms with Gasteiger partial charge in [-0.3, -0.25) is 0 Å². The molecule has 1 rings (SSSR count). The molecule has 1 saturated heterocycles. The summed E-state index contributed by atoms with van der Waals surface area (Å²) >= 11 is 0. The maximum Gasteiger partial charge on any atom is 0.104 e. The number of hydrogen-bond donors (Lipinski definition) is 1. The van der Waals surface area contributed by atoms with Gasteiger partial charge in [-0.25, -0.2) is 0 Å². The third-order valence-electron chi connectivity index (χ3n) is 2.05. The van der Waals surface area contributed by atoms with Crippen molar-refractivity contribution in [2.24, 2.45) is 0 Å². The fraction of sp³-hybridized carbons (Fsp3) is 1.00. The average molecular weight is 160 g/mol. The standard InChI is InChI=1S/C8H16O3/c1-6(9)8(2,3)11-5-7-4-10-7/h6-7,9H,4-5H2,1-3H3. The predicted molar refractivity (Wildman–Crippen MR) is 41.5 cm³/mol. The van der Waals surface area contributed by atoms with Gasteiger partial charge in [0, 0.05) is 0 Å². The van der Waals surface area contributed by atoms with Gasteiger partial charge in [0.2, 0.25) is 0 Å². The summed E-state index contributed by atoms with van der Waals surface area (Å²) in [6, 6.07) is 0. The van der Waals surface area contributed by atoms with E-state index in [0.29, 0.717) is 6.61 Å². The van der Waals surface area contributed by atoms with E-state index in [1.165, 1.54) is 0 Å². The quantitative estimate of drug-likeness (QED) is 0.611. The zero-order valence-corrected chi connectivity index (χ0v) is 7.33. The van der Waals surface area contributed by atoms with E-state index < -0.39 is 11.7 Å². The van der Waals surface area contributed by atoms with Gasteiger partial charge in [0.05, 0.1) is 24.9 Å². The van der Waals surface area contributed by atoms with E-state index in [-0.39, 0.29) is 6.10 Å². The predicted octanol–water partition coefficient (Wildman–Crippen LogP) is 0.561. The van der Waals surface area contributed by atoms with Gasteiger partial charge in [-0.2, -0.15) is 0 Å². The zero-order valence-electron chi connectivity index (χ0n) is 7.33. The van der Waals surface area contributed by atoms with Crippen molar-refractivity contribution in [1.29, 1.82) is 0 Å². The summed E-state index contributed by atoms with van der Waals surface area (Å²) in [5, 5.41) is 9.25. The lowest BCUT2D eigenvalue weighted by Crippen LogP contribution is -2.37. The second kappa shape index (κ2) is 3.09. The van der Waals surface area contributed by atoms with Crippen molar-refractivity contribution in [1.82, 2.24) is 0 Å². The lowest BCUT2D eigenvalue weighted by atomic mass is 10.0. The van der Waals surface area contributed by atoms with Crippen molar-refractivity contribution in [3.05, 3.63) is 0 Å². The SMILES string of the molecule is CC(O)C(C)(C)OCC1CO1. The molecule has 3 nitrogen and oxygen atoms in total. The highest BCUT2D eigenvalue weighted by Gasteiger charge is 2.30. The van der Waals surface area contributed by atoms with Crippen molar-refractivity contribution in [3.8, 4) is 0 Å². The van der Waals surface area contributed by atoms with Crippen LogP contribution in [0.2, 0.25) is 0 Å².